The van der Waals surface area contributed by atoms with Crippen LogP contribution in [0.1, 0.15) is 34.5 Å². The quantitative estimate of drug-likeness (QED) is 0.821. The summed E-state index contributed by atoms with van der Waals surface area (Å²) < 4.78 is 6.24. The zero-order valence-corrected chi connectivity index (χ0v) is 17.4. The summed E-state index contributed by atoms with van der Waals surface area (Å²) >= 11 is 0. The summed E-state index contributed by atoms with van der Waals surface area (Å²) in [6, 6.07) is 8.91. The fourth-order valence-electron chi connectivity index (χ4n) is 4.07. The van der Waals surface area contributed by atoms with Gasteiger partial charge in [-0.15, -0.1) is 0 Å². The molecule has 1 fully saturated rings. The number of nitrogens with zero attached hydrogens (tertiary/aromatic N) is 4. The molecule has 2 amide bonds. The van der Waals surface area contributed by atoms with Gasteiger partial charge in [0.25, 0.3) is 5.91 Å². The third-order valence-electron chi connectivity index (χ3n) is 5.79. The molecule has 8 heteroatoms. The van der Waals surface area contributed by atoms with Crippen LogP contribution in [0.4, 0.5) is 5.95 Å². The Balaban J connectivity index is 1.39. The van der Waals surface area contributed by atoms with E-state index in [0.717, 1.165) is 17.7 Å². The second-order valence-electron chi connectivity index (χ2n) is 7.96. The van der Waals surface area contributed by atoms with Gasteiger partial charge in [-0.25, -0.2) is 9.97 Å². The molecule has 1 N–H and O–H groups in total. The maximum atomic E-state index is 12.6. The maximum Gasteiger partial charge on any atom is 0.251 e. The Kier molecular flexibility index (Phi) is 5.67. The number of aromatic nitrogens is 2. The third-order valence-corrected chi connectivity index (χ3v) is 5.79. The maximum absolute atomic E-state index is 12.6. The van der Waals surface area contributed by atoms with Crippen LogP contribution in [0.25, 0.3) is 0 Å². The number of hydrogen-bond donors (Lipinski definition) is 1. The van der Waals surface area contributed by atoms with Crippen molar-refractivity contribution in [1.29, 1.82) is 0 Å². The third kappa shape index (κ3) is 4.00. The largest absolute Gasteiger partial charge is 0.368 e. The van der Waals surface area contributed by atoms with Crippen LogP contribution in [0.5, 0.6) is 0 Å². The monoisotopic (exact) mass is 409 g/mol. The van der Waals surface area contributed by atoms with E-state index in [1.807, 2.05) is 31.3 Å². The van der Waals surface area contributed by atoms with Crippen molar-refractivity contribution in [2.24, 2.45) is 0 Å². The highest BCUT2D eigenvalue weighted by molar-refractivity contribution is 5.96. The average Bonchev–Trinajstić information content (AvgIpc) is 2.78. The highest BCUT2D eigenvalue weighted by Gasteiger charge is 2.43. The number of carbonyl (C=O) groups excluding carboxylic acids is 2. The summed E-state index contributed by atoms with van der Waals surface area (Å²) in [6.07, 6.45) is 4.07. The van der Waals surface area contributed by atoms with Gasteiger partial charge in [0, 0.05) is 38.9 Å². The molecule has 3 heterocycles. The zero-order chi connectivity index (χ0) is 21.1. The molecule has 0 atom stereocenters. The van der Waals surface area contributed by atoms with Crippen molar-refractivity contribution in [2.75, 3.05) is 45.2 Å². The van der Waals surface area contributed by atoms with Gasteiger partial charge < -0.3 is 19.9 Å². The smallest absolute Gasteiger partial charge is 0.251 e. The molecule has 0 saturated carbocycles. The van der Waals surface area contributed by atoms with Crippen molar-refractivity contribution in [3.8, 4) is 0 Å². The van der Waals surface area contributed by atoms with Crippen molar-refractivity contribution in [3.05, 3.63) is 53.3 Å². The van der Waals surface area contributed by atoms with Crippen LogP contribution in [0.2, 0.25) is 0 Å². The molecule has 1 aromatic carbocycles. The first kappa shape index (κ1) is 20.3. The molecule has 0 unspecified atom stereocenters. The van der Waals surface area contributed by atoms with Gasteiger partial charge in [0.2, 0.25) is 11.9 Å². The minimum Gasteiger partial charge on any atom is -0.368 e. The number of carbonyl (C=O) groups is 2. The SMILES string of the molecule is CN(C)c1ncc2c(n1)C1(CCN(C(=O)CNC(=O)c3ccccc3)CC1)OCC2. The van der Waals surface area contributed by atoms with Gasteiger partial charge in [-0.3, -0.25) is 9.59 Å². The standard InChI is InChI=1S/C22H27N5O3/c1-26(2)21-24-14-17-8-13-30-22(19(17)25-21)9-11-27(12-10-22)18(28)15-23-20(29)16-6-4-3-5-7-16/h3-7,14H,8-13,15H2,1-2H3,(H,23,29). The molecule has 4 rings (SSSR count). The molecule has 0 aliphatic carbocycles. The van der Waals surface area contributed by atoms with E-state index in [1.165, 1.54) is 0 Å². The van der Waals surface area contributed by atoms with Gasteiger partial charge in [0.15, 0.2) is 0 Å². The summed E-state index contributed by atoms with van der Waals surface area (Å²) in [5, 5.41) is 2.72. The number of amides is 2. The van der Waals surface area contributed by atoms with Crippen molar-refractivity contribution in [2.45, 2.75) is 24.9 Å². The first-order chi connectivity index (χ1) is 14.5. The van der Waals surface area contributed by atoms with Crippen molar-refractivity contribution >= 4 is 17.8 Å². The summed E-state index contributed by atoms with van der Waals surface area (Å²) in [5.41, 5.74) is 2.16. The first-order valence-corrected chi connectivity index (χ1v) is 10.3. The van der Waals surface area contributed by atoms with E-state index in [-0.39, 0.29) is 18.4 Å². The molecule has 30 heavy (non-hydrogen) atoms. The zero-order valence-electron chi connectivity index (χ0n) is 17.4. The molecular weight excluding hydrogens is 382 g/mol. The molecule has 8 nitrogen and oxygen atoms in total. The Morgan fingerprint density at radius 3 is 2.63 bits per heavy atom. The Morgan fingerprint density at radius 2 is 1.93 bits per heavy atom. The number of anilines is 1. The highest BCUT2D eigenvalue weighted by atomic mass is 16.5. The van der Waals surface area contributed by atoms with Gasteiger partial charge in [0.1, 0.15) is 5.60 Å². The fraction of sp³-hybridized carbons (Fsp3) is 0.455. The Bertz CT molecular complexity index is 924. The van der Waals surface area contributed by atoms with Gasteiger partial charge in [-0.05, 0) is 37.0 Å². The lowest BCUT2D eigenvalue weighted by atomic mass is 9.83. The normalized spacial score (nSPS) is 17.3. The lowest BCUT2D eigenvalue weighted by Crippen LogP contribution is -2.51. The molecular formula is C22H27N5O3. The summed E-state index contributed by atoms with van der Waals surface area (Å²) in [7, 11) is 3.84. The van der Waals surface area contributed by atoms with E-state index in [1.54, 1.807) is 29.2 Å². The van der Waals surface area contributed by atoms with Crippen molar-refractivity contribution in [1.82, 2.24) is 20.2 Å². The first-order valence-electron chi connectivity index (χ1n) is 10.3. The fourth-order valence-corrected chi connectivity index (χ4v) is 4.07. The van der Waals surface area contributed by atoms with E-state index < -0.39 is 5.60 Å². The molecule has 2 aliphatic rings. The number of benzene rings is 1. The lowest BCUT2D eigenvalue weighted by molar-refractivity contribution is -0.140. The number of likely N-dealkylation sites (tertiary alicyclic amines) is 1. The minimum absolute atomic E-state index is 0.00881. The van der Waals surface area contributed by atoms with Crippen LogP contribution in [0.3, 0.4) is 0 Å². The Morgan fingerprint density at radius 1 is 1.20 bits per heavy atom. The van der Waals surface area contributed by atoms with Crippen LogP contribution in [-0.4, -0.2) is 67.0 Å². The van der Waals surface area contributed by atoms with Crippen molar-refractivity contribution < 1.29 is 14.3 Å². The number of fused-ring (bicyclic) bond motifs is 2. The van der Waals surface area contributed by atoms with E-state index in [9.17, 15) is 9.59 Å². The molecule has 2 aliphatic heterocycles. The second kappa shape index (κ2) is 8.39. The van der Waals surface area contributed by atoms with Crippen LogP contribution in [0.15, 0.2) is 36.5 Å². The summed E-state index contributed by atoms with van der Waals surface area (Å²) in [4.78, 5) is 37.7. The van der Waals surface area contributed by atoms with Crippen LogP contribution < -0.4 is 10.2 Å². The molecule has 158 valence electrons. The summed E-state index contributed by atoms with van der Waals surface area (Å²) in [5.74, 6) is 0.345. The van der Waals surface area contributed by atoms with Gasteiger partial charge in [-0.2, -0.15) is 0 Å². The predicted molar refractivity (Wildman–Crippen MR) is 112 cm³/mol. The number of rotatable bonds is 4. The number of nitrogens with one attached hydrogen (secondary N) is 1. The van der Waals surface area contributed by atoms with Crippen molar-refractivity contribution in [3.63, 3.8) is 0 Å². The highest BCUT2D eigenvalue weighted by Crippen LogP contribution is 2.40. The lowest BCUT2D eigenvalue weighted by Gasteiger charge is -2.44. The topological polar surface area (TPSA) is 87.7 Å². The molecule has 1 saturated heterocycles. The summed E-state index contributed by atoms with van der Waals surface area (Å²) in [6.45, 7) is 1.77. The molecule has 2 aromatic rings. The van der Waals surface area contributed by atoms with Gasteiger partial charge in [0.05, 0.1) is 18.8 Å². The number of hydrogen-bond acceptors (Lipinski definition) is 6. The van der Waals surface area contributed by atoms with E-state index >= 15 is 0 Å². The van der Waals surface area contributed by atoms with E-state index in [0.29, 0.717) is 44.0 Å². The van der Waals surface area contributed by atoms with Crippen LogP contribution >= 0.6 is 0 Å². The van der Waals surface area contributed by atoms with Crippen LogP contribution in [-0.2, 0) is 21.6 Å². The molecule has 0 radical (unpaired) electrons. The predicted octanol–water partition coefficient (Wildman–Crippen LogP) is 1.36. The Labute approximate surface area is 176 Å². The number of ether oxygens (including phenoxy) is 1. The Hall–Kier alpha value is -3.00. The van der Waals surface area contributed by atoms with Gasteiger partial charge in [-0.1, -0.05) is 18.2 Å². The second-order valence-corrected chi connectivity index (χ2v) is 7.96. The average molecular weight is 409 g/mol. The number of piperidine rings is 1. The van der Waals surface area contributed by atoms with E-state index in [4.69, 9.17) is 9.72 Å². The van der Waals surface area contributed by atoms with Crippen LogP contribution in [0, 0.1) is 0 Å². The van der Waals surface area contributed by atoms with E-state index in [2.05, 4.69) is 10.3 Å². The van der Waals surface area contributed by atoms with Gasteiger partial charge >= 0.3 is 0 Å². The molecule has 0 bridgehead atoms. The molecule has 1 spiro atoms. The molecule has 1 aromatic heterocycles. The minimum atomic E-state index is -0.467.